The van der Waals surface area contributed by atoms with Crippen molar-refractivity contribution < 1.29 is 8.78 Å². The predicted molar refractivity (Wildman–Crippen MR) is 71.2 cm³/mol. The van der Waals surface area contributed by atoms with Crippen molar-refractivity contribution in [2.75, 3.05) is 0 Å². The fourth-order valence-corrected chi connectivity index (χ4v) is 2.59. The third kappa shape index (κ3) is 3.15. The number of halogens is 2. The zero-order chi connectivity index (χ0) is 13.0. The van der Waals surface area contributed by atoms with Gasteiger partial charge in [0.2, 0.25) is 0 Å². The number of rotatable bonds is 5. The van der Waals surface area contributed by atoms with E-state index in [4.69, 9.17) is 0 Å². The molecule has 96 valence electrons. The maximum absolute atomic E-state index is 12.7. The van der Waals surface area contributed by atoms with Crippen LogP contribution in [0.1, 0.15) is 23.4 Å². The highest BCUT2D eigenvalue weighted by Crippen LogP contribution is 2.26. The second-order valence-corrected chi connectivity index (χ2v) is 5.13. The van der Waals surface area contributed by atoms with E-state index in [-0.39, 0.29) is 6.04 Å². The quantitative estimate of drug-likeness (QED) is 0.860. The molecule has 1 aromatic carbocycles. The van der Waals surface area contributed by atoms with Crippen molar-refractivity contribution in [3.8, 4) is 0 Å². The van der Waals surface area contributed by atoms with Crippen molar-refractivity contribution in [2.45, 2.75) is 25.4 Å². The molecule has 0 saturated carbocycles. The molecule has 0 radical (unpaired) electrons. The van der Waals surface area contributed by atoms with Crippen LogP contribution in [0.5, 0.6) is 0 Å². The monoisotopic (exact) mass is 267 g/mol. The molecule has 1 heterocycles. The second kappa shape index (κ2) is 6.07. The molecule has 0 aliphatic heterocycles. The second-order valence-electron chi connectivity index (χ2n) is 4.15. The summed E-state index contributed by atoms with van der Waals surface area (Å²) in [5.41, 5.74) is 1.01. The van der Waals surface area contributed by atoms with Crippen molar-refractivity contribution >= 4 is 11.3 Å². The lowest BCUT2D eigenvalue weighted by Gasteiger charge is -2.22. The molecule has 1 nitrogen and oxygen atoms in total. The van der Waals surface area contributed by atoms with Gasteiger partial charge >= 0.3 is 0 Å². The Bertz CT molecular complexity index is 456. The smallest absolute Gasteiger partial charge is 0.253 e. The highest BCUT2D eigenvalue weighted by Gasteiger charge is 2.22. The topological polar surface area (TPSA) is 12.0 Å². The average molecular weight is 267 g/mol. The molecular weight excluding hydrogens is 252 g/mol. The Balaban J connectivity index is 2.24. The summed E-state index contributed by atoms with van der Waals surface area (Å²) < 4.78 is 25.4. The van der Waals surface area contributed by atoms with Crippen molar-refractivity contribution in [2.24, 2.45) is 0 Å². The first-order valence-corrected chi connectivity index (χ1v) is 6.69. The van der Waals surface area contributed by atoms with Crippen LogP contribution in [0, 0.1) is 0 Å². The van der Waals surface area contributed by atoms with Gasteiger partial charge in [-0.15, -0.1) is 11.3 Å². The third-order valence-electron chi connectivity index (χ3n) is 2.77. The van der Waals surface area contributed by atoms with Crippen LogP contribution in [0.15, 0.2) is 47.8 Å². The molecule has 1 N–H and O–H groups in total. The molecule has 0 spiro atoms. The van der Waals surface area contributed by atoms with E-state index in [1.54, 1.807) is 11.3 Å². The first-order valence-electron chi connectivity index (χ1n) is 5.81. The van der Waals surface area contributed by atoms with Crippen molar-refractivity contribution in [3.63, 3.8) is 0 Å². The highest BCUT2D eigenvalue weighted by molar-refractivity contribution is 7.10. The molecule has 18 heavy (non-hydrogen) atoms. The van der Waals surface area contributed by atoms with Gasteiger partial charge in [0.1, 0.15) is 0 Å². The molecule has 0 aliphatic rings. The van der Waals surface area contributed by atoms with Gasteiger partial charge in [-0.3, -0.25) is 5.32 Å². The zero-order valence-corrected chi connectivity index (χ0v) is 10.8. The average Bonchev–Trinajstić information content (AvgIpc) is 2.90. The van der Waals surface area contributed by atoms with E-state index in [1.807, 2.05) is 47.8 Å². The van der Waals surface area contributed by atoms with E-state index in [0.717, 1.165) is 10.4 Å². The summed E-state index contributed by atoms with van der Waals surface area (Å²) in [6.45, 7) is 1.51. The molecule has 0 aliphatic carbocycles. The summed E-state index contributed by atoms with van der Waals surface area (Å²) >= 11 is 1.57. The van der Waals surface area contributed by atoms with Crippen LogP contribution in [-0.4, -0.2) is 12.5 Å². The molecule has 1 aromatic heterocycles. The van der Waals surface area contributed by atoms with Gasteiger partial charge in [-0.2, -0.15) is 0 Å². The molecule has 0 bridgehead atoms. The number of hydrogen-bond acceptors (Lipinski definition) is 2. The van der Waals surface area contributed by atoms with E-state index in [2.05, 4.69) is 5.32 Å². The van der Waals surface area contributed by atoms with Gasteiger partial charge in [-0.25, -0.2) is 8.78 Å². The Morgan fingerprint density at radius 2 is 1.78 bits per heavy atom. The van der Waals surface area contributed by atoms with E-state index in [9.17, 15) is 8.78 Å². The largest absolute Gasteiger partial charge is 0.298 e. The molecule has 2 unspecified atom stereocenters. The third-order valence-corrected chi connectivity index (χ3v) is 3.71. The van der Waals surface area contributed by atoms with Crippen LogP contribution in [0.25, 0.3) is 0 Å². The number of alkyl halides is 2. The number of thiophene rings is 1. The van der Waals surface area contributed by atoms with Crippen LogP contribution in [-0.2, 0) is 0 Å². The van der Waals surface area contributed by atoms with E-state index >= 15 is 0 Å². The molecular formula is C14H15F2NS. The van der Waals surface area contributed by atoms with Crippen molar-refractivity contribution in [3.05, 3.63) is 58.3 Å². The Kier molecular flexibility index (Phi) is 4.44. The maximum Gasteiger partial charge on any atom is 0.253 e. The molecule has 2 atom stereocenters. The lowest BCUT2D eigenvalue weighted by Crippen LogP contribution is -2.36. The van der Waals surface area contributed by atoms with Gasteiger partial charge in [0.05, 0.1) is 12.1 Å². The zero-order valence-electron chi connectivity index (χ0n) is 10.0. The van der Waals surface area contributed by atoms with Gasteiger partial charge in [0, 0.05) is 4.88 Å². The summed E-state index contributed by atoms with van der Waals surface area (Å²) in [4.78, 5) is 1.05. The molecule has 0 amide bonds. The van der Waals surface area contributed by atoms with Crippen molar-refractivity contribution in [1.29, 1.82) is 0 Å². The number of benzene rings is 1. The molecule has 0 fully saturated rings. The molecule has 0 saturated heterocycles. The fraction of sp³-hybridized carbons (Fsp3) is 0.286. The Morgan fingerprint density at radius 1 is 1.06 bits per heavy atom. The predicted octanol–water partition coefficient (Wildman–Crippen LogP) is 4.08. The van der Waals surface area contributed by atoms with Crippen molar-refractivity contribution in [1.82, 2.24) is 5.32 Å². The molecule has 4 heteroatoms. The molecule has 2 rings (SSSR count). The Hall–Kier alpha value is -1.26. The summed E-state index contributed by atoms with van der Waals surface area (Å²) in [5.74, 6) is 0. The summed E-state index contributed by atoms with van der Waals surface area (Å²) in [6, 6.07) is 12.6. The van der Waals surface area contributed by atoms with Gasteiger partial charge in [0.25, 0.3) is 6.43 Å². The van der Waals surface area contributed by atoms with Crippen LogP contribution < -0.4 is 5.32 Å². The summed E-state index contributed by atoms with van der Waals surface area (Å²) in [7, 11) is 0. The standard InChI is InChI=1S/C14H15F2NS/c1-10(14(15)16)17-13(12-8-5-9-18-12)11-6-3-2-4-7-11/h2-10,13-14,17H,1H3. The Morgan fingerprint density at radius 3 is 2.33 bits per heavy atom. The van der Waals surface area contributed by atoms with Gasteiger partial charge in [0.15, 0.2) is 0 Å². The maximum atomic E-state index is 12.7. The van der Waals surface area contributed by atoms with Crippen LogP contribution in [0.3, 0.4) is 0 Å². The normalized spacial score (nSPS) is 14.7. The summed E-state index contributed by atoms with van der Waals surface area (Å²) in [5, 5.41) is 4.95. The SMILES string of the molecule is CC(NC(c1ccccc1)c1cccs1)C(F)F. The lowest BCUT2D eigenvalue weighted by molar-refractivity contribution is 0.102. The fourth-order valence-electron chi connectivity index (χ4n) is 1.78. The van der Waals surface area contributed by atoms with Crippen LogP contribution in [0.4, 0.5) is 8.78 Å². The highest BCUT2D eigenvalue weighted by atomic mass is 32.1. The van der Waals surface area contributed by atoms with Gasteiger partial charge in [-0.1, -0.05) is 36.4 Å². The number of hydrogen-bond donors (Lipinski definition) is 1. The van der Waals surface area contributed by atoms with Crippen LogP contribution >= 0.6 is 11.3 Å². The van der Waals surface area contributed by atoms with E-state index < -0.39 is 12.5 Å². The van der Waals surface area contributed by atoms with Gasteiger partial charge < -0.3 is 0 Å². The van der Waals surface area contributed by atoms with Gasteiger partial charge in [-0.05, 0) is 23.9 Å². The number of nitrogens with one attached hydrogen (secondary N) is 1. The Labute approximate surface area is 109 Å². The minimum atomic E-state index is -2.36. The van der Waals surface area contributed by atoms with E-state index in [1.165, 1.54) is 6.92 Å². The first-order chi connectivity index (χ1) is 8.68. The summed E-state index contributed by atoms with van der Waals surface area (Å²) in [6.07, 6.45) is -2.36. The van der Waals surface area contributed by atoms with Crippen LogP contribution in [0.2, 0.25) is 0 Å². The minimum absolute atomic E-state index is 0.171. The first kappa shape index (κ1) is 13.2. The lowest BCUT2D eigenvalue weighted by atomic mass is 10.0. The van der Waals surface area contributed by atoms with E-state index in [0.29, 0.717) is 0 Å². The molecule has 2 aromatic rings. The minimum Gasteiger partial charge on any atom is -0.298 e.